The van der Waals surface area contributed by atoms with Gasteiger partial charge in [0.05, 0.1) is 29.1 Å². The molecule has 0 aromatic heterocycles. The quantitative estimate of drug-likeness (QED) is 0.859. The van der Waals surface area contributed by atoms with Crippen molar-refractivity contribution >= 4 is 11.4 Å². The first-order valence-corrected chi connectivity index (χ1v) is 8.45. The molecule has 0 aliphatic carbocycles. The summed E-state index contributed by atoms with van der Waals surface area (Å²) in [6.07, 6.45) is 1.91. The molecule has 0 saturated carbocycles. The van der Waals surface area contributed by atoms with Gasteiger partial charge in [0, 0.05) is 20.2 Å². The van der Waals surface area contributed by atoms with E-state index in [1.807, 2.05) is 6.07 Å². The van der Waals surface area contributed by atoms with Crippen LogP contribution in [0, 0.1) is 23.1 Å². The molecule has 5 heteroatoms. The molecule has 1 fully saturated rings. The zero-order chi connectivity index (χ0) is 17.8. The summed E-state index contributed by atoms with van der Waals surface area (Å²) in [5.41, 5.74) is 9.31. The molecule has 0 radical (unpaired) electrons. The van der Waals surface area contributed by atoms with E-state index in [0.717, 1.165) is 37.2 Å². The molecule has 4 nitrogen and oxygen atoms in total. The van der Waals surface area contributed by atoms with E-state index in [2.05, 4.69) is 11.0 Å². The Hall–Kier alpha value is -2.58. The lowest BCUT2D eigenvalue weighted by molar-refractivity contribution is 0.0409. The van der Waals surface area contributed by atoms with Crippen molar-refractivity contribution in [2.75, 3.05) is 30.8 Å². The predicted octanol–water partition coefficient (Wildman–Crippen LogP) is 3.88. The predicted molar refractivity (Wildman–Crippen MR) is 96.7 cm³/mol. The minimum Gasteiger partial charge on any atom is -0.397 e. The highest BCUT2D eigenvalue weighted by atomic mass is 19.1. The normalized spacial score (nSPS) is 16.4. The van der Waals surface area contributed by atoms with Crippen LogP contribution in [0.1, 0.15) is 30.1 Å². The van der Waals surface area contributed by atoms with Crippen molar-refractivity contribution in [2.45, 2.75) is 18.9 Å². The van der Waals surface area contributed by atoms with Crippen molar-refractivity contribution in [3.05, 3.63) is 59.4 Å². The van der Waals surface area contributed by atoms with E-state index in [4.69, 9.17) is 15.7 Å². The Morgan fingerprint density at radius 3 is 2.44 bits per heavy atom. The Morgan fingerprint density at radius 1 is 1.20 bits per heavy atom. The Bertz CT molecular complexity index is 762. The van der Waals surface area contributed by atoms with Crippen molar-refractivity contribution in [1.29, 1.82) is 5.26 Å². The minimum atomic E-state index is -0.232. The maximum Gasteiger partial charge on any atom is 0.123 e. The number of hydrogen-bond donors (Lipinski definition) is 1. The van der Waals surface area contributed by atoms with Gasteiger partial charge < -0.3 is 15.4 Å². The second-order valence-electron chi connectivity index (χ2n) is 6.42. The fraction of sp³-hybridized carbons (Fsp3) is 0.350. The molecular formula is C20H22FN3O. The topological polar surface area (TPSA) is 62.3 Å². The number of nitrogen functional groups attached to an aromatic ring is 1. The first-order valence-electron chi connectivity index (χ1n) is 8.45. The van der Waals surface area contributed by atoms with E-state index >= 15 is 0 Å². The number of rotatable bonds is 4. The molecule has 130 valence electrons. The fourth-order valence-corrected chi connectivity index (χ4v) is 3.61. The third-order valence-corrected chi connectivity index (χ3v) is 4.92. The van der Waals surface area contributed by atoms with Gasteiger partial charge in [0.2, 0.25) is 0 Å². The summed E-state index contributed by atoms with van der Waals surface area (Å²) >= 11 is 0. The molecule has 25 heavy (non-hydrogen) atoms. The maximum atomic E-state index is 13.1. The first kappa shape index (κ1) is 17.2. The van der Waals surface area contributed by atoms with E-state index in [1.165, 1.54) is 12.1 Å². The van der Waals surface area contributed by atoms with Gasteiger partial charge in [-0.15, -0.1) is 0 Å². The Balaban J connectivity index is 1.68. The number of anilines is 2. The average molecular weight is 339 g/mol. The molecule has 0 spiro atoms. The number of benzene rings is 2. The molecule has 0 unspecified atom stereocenters. The van der Waals surface area contributed by atoms with Crippen LogP contribution in [0.4, 0.5) is 15.8 Å². The van der Waals surface area contributed by atoms with Gasteiger partial charge in [0.1, 0.15) is 5.82 Å². The molecule has 2 aromatic carbocycles. The zero-order valence-electron chi connectivity index (χ0n) is 14.3. The van der Waals surface area contributed by atoms with E-state index in [0.29, 0.717) is 17.2 Å². The van der Waals surface area contributed by atoms with Crippen LogP contribution in [0.15, 0.2) is 42.5 Å². The van der Waals surface area contributed by atoms with Gasteiger partial charge in [-0.25, -0.2) is 4.39 Å². The fourth-order valence-electron chi connectivity index (χ4n) is 3.61. The van der Waals surface area contributed by atoms with Gasteiger partial charge in [0.15, 0.2) is 0 Å². The molecule has 2 N–H and O–H groups in total. The number of ether oxygens (including phenoxy) is 1. The molecular weight excluding hydrogens is 317 g/mol. The SMILES string of the molecule is CO[C@H](c1ccc(F)cc1)C1CCN(c2ccc(C#N)cc2N)CC1. The van der Waals surface area contributed by atoms with Crippen LogP contribution in [0.5, 0.6) is 0 Å². The molecule has 1 aliphatic rings. The lowest BCUT2D eigenvalue weighted by Crippen LogP contribution is -2.36. The van der Waals surface area contributed by atoms with Crippen LogP contribution in [-0.4, -0.2) is 20.2 Å². The van der Waals surface area contributed by atoms with Gasteiger partial charge in [-0.2, -0.15) is 5.26 Å². The molecule has 1 atom stereocenters. The van der Waals surface area contributed by atoms with Crippen LogP contribution in [0.2, 0.25) is 0 Å². The average Bonchev–Trinajstić information content (AvgIpc) is 2.64. The smallest absolute Gasteiger partial charge is 0.123 e. The maximum absolute atomic E-state index is 13.1. The van der Waals surface area contributed by atoms with Crippen LogP contribution in [-0.2, 0) is 4.74 Å². The molecule has 2 aromatic rings. The summed E-state index contributed by atoms with van der Waals surface area (Å²) in [5, 5.41) is 8.96. The van der Waals surface area contributed by atoms with Gasteiger partial charge in [-0.3, -0.25) is 0 Å². The number of halogens is 1. The molecule has 0 bridgehead atoms. The van der Waals surface area contributed by atoms with Crippen LogP contribution < -0.4 is 10.6 Å². The van der Waals surface area contributed by atoms with Gasteiger partial charge in [0.25, 0.3) is 0 Å². The summed E-state index contributed by atoms with van der Waals surface area (Å²) in [6.45, 7) is 1.75. The first-order chi connectivity index (χ1) is 12.1. The van der Waals surface area contributed by atoms with Crippen molar-refractivity contribution in [3.63, 3.8) is 0 Å². The summed E-state index contributed by atoms with van der Waals surface area (Å²) < 4.78 is 18.9. The van der Waals surface area contributed by atoms with E-state index in [1.54, 1.807) is 31.4 Å². The molecule has 1 saturated heterocycles. The van der Waals surface area contributed by atoms with Crippen LogP contribution in [0.3, 0.4) is 0 Å². The summed E-state index contributed by atoms with van der Waals surface area (Å²) in [4.78, 5) is 2.25. The van der Waals surface area contributed by atoms with Crippen molar-refractivity contribution in [2.24, 2.45) is 5.92 Å². The highest BCUT2D eigenvalue weighted by Gasteiger charge is 2.28. The van der Waals surface area contributed by atoms with Crippen molar-refractivity contribution in [1.82, 2.24) is 0 Å². The lowest BCUT2D eigenvalue weighted by Gasteiger charge is -2.37. The molecule has 0 amide bonds. The largest absolute Gasteiger partial charge is 0.397 e. The standard InChI is InChI=1S/C20H22FN3O/c1-25-20(15-3-5-17(21)6-4-15)16-8-10-24(11-9-16)19-7-2-14(13-22)12-18(19)23/h2-7,12,16,20H,8-11,23H2,1H3/t20-/m1/s1. The molecule has 1 heterocycles. The third-order valence-electron chi connectivity index (χ3n) is 4.92. The third kappa shape index (κ3) is 3.75. The van der Waals surface area contributed by atoms with Gasteiger partial charge in [-0.1, -0.05) is 12.1 Å². The van der Waals surface area contributed by atoms with Crippen molar-refractivity contribution < 1.29 is 9.13 Å². The summed E-state index contributed by atoms with van der Waals surface area (Å²) in [5.74, 6) is 0.149. The number of nitrogens with zero attached hydrogens (tertiary/aromatic N) is 2. The highest BCUT2D eigenvalue weighted by molar-refractivity contribution is 5.69. The second kappa shape index (κ2) is 7.54. The number of hydrogen-bond acceptors (Lipinski definition) is 4. The van der Waals surface area contributed by atoms with E-state index < -0.39 is 0 Å². The minimum absolute atomic E-state index is 0.0268. The number of piperidine rings is 1. The van der Waals surface area contributed by atoms with Crippen molar-refractivity contribution in [3.8, 4) is 6.07 Å². The Morgan fingerprint density at radius 2 is 1.88 bits per heavy atom. The Kier molecular flexibility index (Phi) is 5.20. The van der Waals surface area contributed by atoms with Gasteiger partial charge in [-0.05, 0) is 54.7 Å². The second-order valence-corrected chi connectivity index (χ2v) is 6.42. The Labute approximate surface area is 147 Å². The lowest BCUT2D eigenvalue weighted by atomic mass is 9.87. The zero-order valence-corrected chi connectivity index (χ0v) is 14.3. The number of methoxy groups -OCH3 is 1. The number of nitriles is 1. The van der Waals surface area contributed by atoms with E-state index in [-0.39, 0.29) is 11.9 Å². The van der Waals surface area contributed by atoms with E-state index in [9.17, 15) is 4.39 Å². The highest BCUT2D eigenvalue weighted by Crippen LogP contribution is 2.36. The summed E-state index contributed by atoms with van der Waals surface area (Å²) in [7, 11) is 1.71. The monoisotopic (exact) mass is 339 g/mol. The molecule has 1 aliphatic heterocycles. The number of nitrogens with two attached hydrogens (primary N) is 1. The van der Waals surface area contributed by atoms with Crippen LogP contribution >= 0.6 is 0 Å². The summed E-state index contributed by atoms with van der Waals surface area (Å²) in [6, 6.07) is 14.1. The van der Waals surface area contributed by atoms with Crippen LogP contribution in [0.25, 0.3) is 0 Å². The molecule has 3 rings (SSSR count). The van der Waals surface area contributed by atoms with Gasteiger partial charge >= 0.3 is 0 Å².